The van der Waals surface area contributed by atoms with Crippen molar-refractivity contribution in [2.45, 2.75) is 20.4 Å². The standard InChI is InChI=1S/C14H18N4S/c1-10-6-11(2)8-12(7-10)17-14(19)15-9-13-4-5-16-18(13)3/h4-8H,9H2,1-3H3,(H2,15,17,19). The van der Waals surface area contributed by atoms with E-state index in [1.165, 1.54) is 11.1 Å². The second kappa shape index (κ2) is 5.84. The third kappa shape index (κ3) is 3.79. The van der Waals surface area contributed by atoms with Gasteiger partial charge in [-0.2, -0.15) is 5.10 Å². The van der Waals surface area contributed by atoms with Crippen LogP contribution in [0.25, 0.3) is 0 Å². The van der Waals surface area contributed by atoms with Crippen molar-refractivity contribution in [2.24, 2.45) is 7.05 Å². The normalized spacial score (nSPS) is 10.3. The molecule has 0 spiro atoms. The van der Waals surface area contributed by atoms with Crippen molar-refractivity contribution in [1.82, 2.24) is 15.1 Å². The van der Waals surface area contributed by atoms with Gasteiger partial charge in [-0.05, 0) is 55.4 Å². The lowest BCUT2D eigenvalue weighted by molar-refractivity contribution is 0.695. The van der Waals surface area contributed by atoms with E-state index in [1.54, 1.807) is 6.20 Å². The molecular formula is C14H18N4S. The predicted molar refractivity (Wildman–Crippen MR) is 82.2 cm³/mol. The molecule has 0 amide bonds. The lowest BCUT2D eigenvalue weighted by atomic mass is 10.1. The van der Waals surface area contributed by atoms with E-state index in [1.807, 2.05) is 17.8 Å². The highest BCUT2D eigenvalue weighted by molar-refractivity contribution is 7.80. The first-order chi connectivity index (χ1) is 9.04. The number of hydrogen-bond acceptors (Lipinski definition) is 2. The van der Waals surface area contributed by atoms with Crippen LogP contribution in [0.1, 0.15) is 16.8 Å². The van der Waals surface area contributed by atoms with Crippen LogP contribution in [-0.2, 0) is 13.6 Å². The lowest BCUT2D eigenvalue weighted by Gasteiger charge is -2.12. The van der Waals surface area contributed by atoms with Crippen LogP contribution in [-0.4, -0.2) is 14.9 Å². The average Bonchev–Trinajstić information content (AvgIpc) is 2.71. The Balaban J connectivity index is 1.92. The van der Waals surface area contributed by atoms with Crippen LogP contribution >= 0.6 is 12.2 Å². The Bertz CT molecular complexity index is 569. The molecule has 2 N–H and O–H groups in total. The summed E-state index contributed by atoms with van der Waals surface area (Å²) >= 11 is 5.29. The summed E-state index contributed by atoms with van der Waals surface area (Å²) in [5, 5.41) is 11.1. The average molecular weight is 274 g/mol. The van der Waals surface area contributed by atoms with E-state index in [0.717, 1.165) is 11.4 Å². The second-order valence-corrected chi connectivity index (χ2v) is 5.04. The fraction of sp³-hybridized carbons (Fsp3) is 0.286. The molecule has 0 aliphatic heterocycles. The number of nitrogens with one attached hydrogen (secondary N) is 2. The summed E-state index contributed by atoms with van der Waals surface area (Å²) in [6.45, 7) is 4.81. The van der Waals surface area contributed by atoms with Crippen molar-refractivity contribution in [3.8, 4) is 0 Å². The van der Waals surface area contributed by atoms with Crippen LogP contribution in [0.2, 0.25) is 0 Å². The van der Waals surface area contributed by atoms with Crippen LogP contribution in [0, 0.1) is 13.8 Å². The molecule has 0 saturated heterocycles. The van der Waals surface area contributed by atoms with E-state index in [-0.39, 0.29) is 0 Å². The van der Waals surface area contributed by atoms with Crippen LogP contribution in [0.15, 0.2) is 30.5 Å². The van der Waals surface area contributed by atoms with Crippen molar-refractivity contribution in [3.63, 3.8) is 0 Å². The molecule has 4 nitrogen and oxygen atoms in total. The molecule has 0 saturated carbocycles. The zero-order valence-electron chi connectivity index (χ0n) is 11.4. The molecule has 1 heterocycles. The van der Waals surface area contributed by atoms with Gasteiger partial charge < -0.3 is 10.6 Å². The summed E-state index contributed by atoms with van der Waals surface area (Å²) in [4.78, 5) is 0. The second-order valence-electron chi connectivity index (χ2n) is 4.63. The van der Waals surface area contributed by atoms with Crippen molar-refractivity contribution in [1.29, 1.82) is 0 Å². The van der Waals surface area contributed by atoms with Gasteiger partial charge >= 0.3 is 0 Å². The van der Waals surface area contributed by atoms with Gasteiger partial charge in [-0.25, -0.2) is 0 Å². The Morgan fingerprint density at radius 2 is 1.95 bits per heavy atom. The maximum Gasteiger partial charge on any atom is 0.171 e. The molecule has 0 aliphatic carbocycles. The summed E-state index contributed by atoms with van der Waals surface area (Å²) in [5.74, 6) is 0. The SMILES string of the molecule is Cc1cc(C)cc(NC(=S)NCc2ccnn2C)c1. The van der Waals surface area contributed by atoms with E-state index in [0.29, 0.717) is 11.7 Å². The summed E-state index contributed by atoms with van der Waals surface area (Å²) in [5.41, 5.74) is 4.54. The predicted octanol–water partition coefficient (Wildman–Crippen LogP) is 2.52. The molecule has 0 aliphatic rings. The summed E-state index contributed by atoms with van der Waals surface area (Å²) < 4.78 is 1.83. The van der Waals surface area contributed by atoms with Gasteiger partial charge in [0.05, 0.1) is 12.2 Å². The van der Waals surface area contributed by atoms with Crippen LogP contribution < -0.4 is 10.6 Å². The van der Waals surface area contributed by atoms with Crippen molar-refractivity contribution >= 4 is 23.0 Å². The summed E-state index contributed by atoms with van der Waals surface area (Å²) in [6.07, 6.45) is 1.78. The molecule has 19 heavy (non-hydrogen) atoms. The maximum atomic E-state index is 5.29. The van der Waals surface area contributed by atoms with E-state index < -0.39 is 0 Å². The largest absolute Gasteiger partial charge is 0.357 e. The monoisotopic (exact) mass is 274 g/mol. The summed E-state index contributed by atoms with van der Waals surface area (Å²) in [6, 6.07) is 8.25. The van der Waals surface area contributed by atoms with Crippen LogP contribution in [0.5, 0.6) is 0 Å². The number of thiocarbonyl (C=S) groups is 1. The van der Waals surface area contributed by atoms with Gasteiger partial charge in [0.1, 0.15) is 0 Å². The lowest BCUT2D eigenvalue weighted by Crippen LogP contribution is -2.28. The molecule has 0 radical (unpaired) electrons. The Labute approximate surface area is 118 Å². The highest BCUT2D eigenvalue weighted by Gasteiger charge is 2.01. The number of rotatable bonds is 3. The first-order valence-corrected chi connectivity index (χ1v) is 6.55. The Morgan fingerprint density at radius 3 is 2.53 bits per heavy atom. The minimum atomic E-state index is 0.617. The molecule has 5 heteroatoms. The van der Waals surface area contributed by atoms with Gasteiger partial charge in [-0.1, -0.05) is 6.07 Å². The number of hydrogen-bond donors (Lipinski definition) is 2. The number of aromatic nitrogens is 2. The smallest absolute Gasteiger partial charge is 0.171 e. The van der Waals surface area contributed by atoms with Gasteiger partial charge in [0, 0.05) is 18.9 Å². The molecule has 0 bridgehead atoms. The molecule has 1 aromatic carbocycles. The van der Waals surface area contributed by atoms with Gasteiger partial charge in [0.15, 0.2) is 5.11 Å². The third-order valence-electron chi connectivity index (χ3n) is 2.83. The Hall–Kier alpha value is -1.88. The molecule has 100 valence electrons. The van der Waals surface area contributed by atoms with Crippen molar-refractivity contribution in [3.05, 3.63) is 47.3 Å². The van der Waals surface area contributed by atoms with E-state index in [2.05, 4.69) is 47.8 Å². The van der Waals surface area contributed by atoms with E-state index in [9.17, 15) is 0 Å². The molecule has 0 atom stereocenters. The minimum Gasteiger partial charge on any atom is -0.357 e. The van der Waals surface area contributed by atoms with Crippen LogP contribution in [0.4, 0.5) is 5.69 Å². The van der Waals surface area contributed by atoms with Crippen LogP contribution in [0.3, 0.4) is 0 Å². The maximum absolute atomic E-state index is 5.29. The van der Waals surface area contributed by atoms with Crippen molar-refractivity contribution < 1.29 is 0 Å². The zero-order chi connectivity index (χ0) is 13.8. The van der Waals surface area contributed by atoms with E-state index in [4.69, 9.17) is 12.2 Å². The van der Waals surface area contributed by atoms with Gasteiger partial charge in [0.25, 0.3) is 0 Å². The first-order valence-electron chi connectivity index (χ1n) is 6.14. The number of nitrogens with zero attached hydrogens (tertiary/aromatic N) is 2. The fourth-order valence-electron chi connectivity index (χ4n) is 1.97. The number of benzene rings is 1. The zero-order valence-corrected chi connectivity index (χ0v) is 12.2. The van der Waals surface area contributed by atoms with E-state index >= 15 is 0 Å². The minimum absolute atomic E-state index is 0.617. The fourth-order valence-corrected chi connectivity index (χ4v) is 2.16. The number of aryl methyl sites for hydroxylation is 3. The molecular weight excluding hydrogens is 256 g/mol. The highest BCUT2D eigenvalue weighted by atomic mass is 32.1. The molecule has 1 aromatic heterocycles. The highest BCUT2D eigenvalue weighted by Crippen LogP contribution is 2.13. The Morgan fingerprint density at radius 1 is 1.26 bits per heavy atom. The molecule has 2 aromatic rings. The molecule has 2 rings (SSSR count). The quantitative estimate of drug-likeness (QED) is 0.844. The van der Waals surface area contributed by atoms with Crippen molar-refractivity contribution in [2.75, 3.05) is 5.32 Å². The molecule has 0 fully saturated rings. The third-order valence-corrected chi connectivity index (χ3v) is 3.08. The van der Waals surface area contributed by atoms with Gasteiger partial charge in [0.2, 0.25) is 0 Å². The van der Waals surface area contributed by atoms with Gasteiger partial charge in [-0.15, -0.1) is 0 Å². The van der Waals surface area contributed by atoms with Gasteiger partial charge in [-0.3, -0.25) is 4.68 Å². The summed E-state index contributed by atoms with van der Waals surface area (Å²) in [7, 11) is 1.91. The topological polar surface area (TPSA) is 41.9 Å². The Kier molecular flexibility index (Phi) is 4.16. The first kappa shape index (κ1) is 13.5. The number of anilines is 1. The molecule has 0 unspecified atom stereocenters.